The van der Waals surface area contributed by atoms with E-state index in [9.17, 15) is 18.4 Å². The number of carbonyl (C=O) groups excluding carboxylic acids is 2. The molecule has 1 aliphatic carbocycles. The van der Waals surface area contributed by atoms with Crippen LogP contribution < -0.4 is 10.6 Å². The van der Waals surface area contributed by atoms with E-state index < -0.39 is 17.5 Å². The third-order valence-electron chi connectivity index (χ3n) is 3.35. The minimum absolute atomic E-state index is 0.00827. The van der Waals surface area contributed by atoms with Crippen LogP contribution in [0.2, 0.25) is 0 Å². The molecular weight excluding hydrogens is 266 g/mol. The maximum absolute atomic E-state index is 13.0. The summed E-state index contributed by atoms with van der Waals surface area (Å²) in [5.74, 6) is -2.60. The molecule has 0 spiro atoms. The topological polar surface area (TPSA) is 58.2 Å². The molecule has 0 heterocycles. The average Bonchev–Trinajstić information content (AvgIpc) is 2.94. The molecule has 1 aromatic rings. The first-order valence-corrected chi connectivity index (χ1v) is 6.59. The van der Waals surface area contributed by atoms with Crippen LogP contribution in [-0.2, 0) is 9.59 Å². The fourth-order valence-electron chi connectivity index (χ4n) is 2.28. The Morgan fingerprint density at radius 2 is 1.85 bits per heavy atom. The summed E-state index contributed by atoms with van der Waals surface area (Å²) in [6.07, 6.45) is 3.80. The Bertz CT molecular complexity index is 514. The number of carbonyl (C=O) groups is 2. The van der Waals surface area contributed by atoms with E-state index in [1.807, 2.05) is 0 Å². The van der Waals surface area contributed by atoms with Gasteiger partial charge in [-0.2, -0.15) is 0 Å². The van der Waals surface area contributed by atoms with Gasteiger partial charge in [0.2, 0.25) is 11.8 Å². The molecule has 0 saturated heterocycles. The molecule has 4 nitrogen and oxygen atoms in total. The Morgan fingerprint density at radius 3 is 2.50 bits per heavy atom. The molecule has 1 fully saturated rings. The Labute approximate surface area is 115 Å². The van der Waals surface area contributed by atoms with E-state index >= 15 is 0 Å². The van der Waals surface area contributed by atoms with Gasteiger partial charge >= 0.3 is 0 Å². The molecule has 0 aliphatic heterocycles. The highest BCUT2D eigenvalue weighted by atomic mass is 19.2. The summed E-state index contributed by atoms with van der Waals surface area (Å²) < 4.78 is 25.7. The van der Waals surface area contributed by atoms with Crippen molar-refractivity contribution in [3.8, 4) is 0 Å². The Morgan fingerprint density at radius 1 is 1.15 bits per heavy atom. The Kier molecular flexibility index (Phi) is 4.65. The molecule has 0 unspecified atom stereocenters. The Hall–Kier alpha value is -1.98. The van der Waals surface area contributed by atoms with E-state index in [0.717, 1.165) is 37.8 Å². The highest BCUT2D eigenvalue weighted by Crippen LogP contribution is 2.24. The van der Waals surface area contributed by atoms with Crippen LogP contribution in [0.15, 0.2) is 18.2 Å². The molecule has 1 saturated carbocycles. The minimum Gasteiger partial charge on any atom is -0.347 e. The van der Waals surface area contributed by atoms with Gasteiger partial charge in [-0.15, -0.1) is 0 Å². The SMILES string of the molecule is O=C(CNC(=O)C1CCCC1)Nc1ccc(F)c(F)c1. The lowest BCUT2D eigenvalue weighted by Gasteiger charge is -2.10. The first-order valence-electron chi connectivity index (χ1n) is 6.59. The molecule has 20 heavy (non-hydrogen) atoms. The average molecular weight is 282 g/mol. The van der Waals surface area contributed by atoms with Crippen LogP contribution in [-0.4, -0.2) is 18.4 Å². The van der Waals surface area contributed by atoms with Gasteiger partial charge in [0, 0.05) is 17.7 Å². The lowest BCUT2D eigenvalue weighted by molar-refractivity contribution is -0.127. The van der Waals surface area contributed by atoms with E-state index in [1.165, 1.54) is 6.07 Å². The number of benzene rings is 1. The number of anilines is 1. The molecular formula is C14H16F2N2O2. The van der Waals surface area contributed by atoms with Crippen LogP contribution in [0, 0.1) is 17.6 Å². The summed E-state index contributed by atoms with van der Waals surface area (Å²) in [5.41, 5.74) is 0.156. The number of amides is 2. The molecule has 0 atom stereocenters. The number of halogens is 2. The minimum atomic E-state index is -1.03. The largest absolute Gasteiger partial charge is 0.347 e. The first-order chi connectivity index (χ1) is 9.56. The summed E-state index contributed by atoms with van der Waals surface area (Å²) >= 11 is 0. The third kappa shape index (κ3) is 3.76. The smallest absolute Gasteiger partial charge is 0.243 e. The lowest BCUT2D eigenvalue weighted by Crippen LogP contribution is -2.36. The van der Waals surface area contributed by atoms with Gasteiger partial charge in [-0.3, -0.25) is 9.59 Å². The van der Waals surface area contributed by atoms with Gasteiger partial charge in [0.25, 0.3) is 0 Å². The van der Waals surface area contributed by atoms with Crippen molar-refractivity contribution in [3.05, 3.63) is 29.8 Å². The van der Waals surface area contributed by atoms with Gasteiger partial charge in [0.15, 0.2) is 11.6 Å². The standard InChI is InChI=1S/C14H16F2N2O2/c15-11-6-5-10(7-12(11)16)18-13(19)8-17-14(20)9-3-1-2-4-9/h5-7,9H,1-4,8H2,(H,17,20)(H,18,19). The monoisotopic (exact) mass is 282 g/mol. The van der Waals surface area contributed by atoms with E-state index in [0.29, 0.717) is 0 Å². The predicted octanol–water partition coefficient (Wildman–Crippen LogP) is 2.21. The molecule has 108 valence electrons. The number of rotatable bonds is 4. The van der Waals surface area contributed by atoms with Crippen molar-refractivity contribution in [3.63, 3.8) is 0 Å². The van der Waals surface area contributed by atoms with Crippen molar-refractivity contribution < 1.29 is 18.4 Å². The normalized spacial score (nSPS) is 15.1. The first kappa shape index (κ1) is 14.4. The molecule has 1 aromatic carbocycles. The van der Waals surface area contributed by atoms with Gasteiger partial charge < -0.3 is 10.6 Å². The summed E-state index contributed by atoms with van der Waals surface area (Å²) in [5, 5.41) is 4.95. The quantitative estimate of drug-likeness (QED) is 0.889. The maximum Gasteiger partial charge on any atom is 0.243 e. The summed E-state index contributed by atoms with van der Waals surface area (Å²) in [4.78, 5) is 23.3. The number of hydrogen-bond donors (Lipinski definition) is 2. The summed E-state index contributed by atoms with van der Waals surface area (Å²) in [6.45, 7) is -0.172. The van der Waals surface area contributed by atoms with E-state index in [4.69, 9.17) is 0 Å². The lowest BCUT2D eigenvalue weighted by atomic mass is 10.1. The molecule has 0 radical (unpaired) electrons. The van der Waals surface area contributed by atoms with Crippen molar-refractivity contribution in [1.82, 2.24) is 5.32 Å². The van der Waals surface area contributed by atoms with Crippen LogP contribution in [0.25, 0.3) is 0 Å². The van der Waals surface area contributed by atoms with Gasteiger partial charge in [-0.25, -0.2) is 8.78 Å². The second-order valence-corrected chi connectivity index (χ2v) is 4.88. The van der Waals surface area contributed by atoms with E-state index in [2.05, 4.69) is 10.6 Å². The van der Waals surface area contributed by atoms with Gasteiger partial charge in [0.05, 0.1) is 6.54 Å². The van der Waals surface area contributed by atoms with Crippen molar-refractivity contribution in [2.75, 3.05) is 11.9 Å². The van der Waals surface area contributed by atoms with Gasteiger partial charge in [-0.05, 0) is 25.0 Å². The molecule has 6 heteroatoms. The van der Waals surface area contributed by atoms with Crippen molar-refractivity contribution >= 4 is 17.5 Å². The number of nitrogens with one attached hydrogen (secondary N) is 2. The summed E-state index contributed by atoms with van der Waals surface area (Å²) in [7, 11) is 0. The van der Waals surface area contributed by atoms with E-state index in [1.54, 1.807) is 0 Å². The van der Waals surface area contributed by atoms with Crippen LogP contribution >= 0.6 is 0 Å². The van der Waals surface area contributed by atoms with Crippen LogP contribution in [0.4, 0.5) is 14.5 Å². The third-order valence-corrected chi connectivity index (χ3v) is 3.35. The van der Waals surface area contributed by atoms with Crippen LogP contribution in [0.1, 0.15) is 25.7 Å². The van der Waals surface area contributed by atoms with Crippen molar-refractivity contribution in [2.24, 2.45) is 5.92 Å². The van der Waals surface area contributed by atoms with Crippen LogP contribution in [0.5, 0.6) is 0 Å². The second-order valence-electron chi connectivity index (χ2n) is 4.88. The fourth-order valence-corrected chi connectivity index (χ4v) is 2.28. The zero-order valence-corrected chi connectivity index (χ0v) is 10.9. The maximum atomic E-state index is 13.0. The highest BCUT2D eigenvalue weighted by Gasteiger charge is 2.22. The molecule has 1 aliphatic rings. The summed E-state index contributed by atoms with van der Waals surface area (Å²) in [6, 6.07) is 3.09. The highest BCUT2D eigenvalue weighted by molar-refractivity contribution is 5.94. The zero-order valence-electron chi connectivity index (χ0n) is 10.9. The molecule has 0 aromatic heterocycles. The molecule has 2 N–H and O–H groups in total. The molecule has 0 bridgehead atoms. The van der Waals surface area contributed by atoms with E-state index in [-0.39, 0.29) is 24.1 Å². The van der Waals surface area contributed by atoms with Gasteiger partial charge in [0.1, 0.15) is 0 Å². The fraction of sp³-hybridized carbons (Fsp3) is 0.429. The van der Waals surface area contributed by atoms with Gasteiger partial charge in [-0.1, -0.05) is 12.8 Å². The van der Waals surface area contributed by atoms with Crippen LogP contribution in [0.3, 0.4) is 0 Å². The molecule has 2 amide bonds. The predicted molar refractivity (Wildman–Crippen MR) is 70.0 cm³/mol. The molecule has 2 rings (SSSR count). The van der Waals surface area contributed by atoms with Crippen molar-refractivity contribution in [1.29, 1.82) is 0 Å². The Balaban J connectivity index is 1.80. The zero-order chi connectivity index (χ0) is 14.5. The number of hydrogen-bond acceptors (Lipinski definition) is 2. The second kappa shape index (κ2) is 6.45. The van der Waals surface area contributed by atoms with Crippen molar-refractivity contribution in [2.45, 2.75) is 25.7 Å².